The van der Waals surface area contributed by atoms with Crippen molar-refractivity contribution < 1.29 is 18.6 Å². The molecule has 3 atom stereocenters. The number of halogens is 1. The number of anilines is 1. The molecule has 0 amide bonds. The topological polar surface area (TPSA) is 83.3 Å². The van der Waals surface area contributed by atoms with Gasteiger partial charge in [0.2, 0.25) is 11.8 Å². The van der Waals surface area contributed by atoms with Gasteiger partial charge in [-0.3, -0.25) is 4.57 Å². The summed E-state index contributed by atoms with van der Waals surface area (Å²) in [5.74, 6) is 1.07. The first kappa shape index (κ1) is 30.5. The van der Waals surface area contributed by atoms with E-state index in [0.29, 0.717) is 42.4 Å². The molecule has 3 heterocycles. The third kappa shape index (κ3) is 5.19. The van der Waals surface area contributed by atoms with E-state index in [-0.39, 0.29) is 5.92 Å². The number of fused-ring (bicyclic) bond motifs is 1. The van der Waals surface area contributed by atoms with Crippen molar-refractivity contribution >= 4 is 17.1 Å². The van der Waals surface area contributed by atoms with Gasteiger partial charge in [0.15, 0.2) is 23.6 Å². The zero-order chi connectivity index (χ0) is 31.6. The second kappa shape index (κ2) is 12.5. The number of hydrogen-bond acceptors (Lipinski definition) is 7. The Morgan fingerprint density at radius 2 is 1.49 bits per heavy atom. The van der Waals surface area contributed by atoms with E-state index in [4.69, 9.17) is 24.2 Å². The number of imidazole rings is 1. The van der Waals surface area contributed by atoms with Crippen LogP contribution in [-0.2, 0) is 10.3 Å². The number of alkyl halides is 1. The van der Waals surface area contributed by atoms with Crippen molar-refractivity contribution in [1.82, 2.24) is 19.5 Å². The van der Waals surface area contributed by atoms with E-state index in [1.807, 2.05) is 88.4 Å². The lowest BCUT2D eigenvalue weighted by Crippen LogP contribution is -2.38. The van der Waals surface area contributed by atoms with Crippen LogP contribution in [0, 0.1) is 5.92 Å². The lowest BCUT2D eigenvalue weighted by molar-refractivity contribution is -0.0905. The predicted molar refractivity (Wildman–Crippen MR) is 173 cm³/mol. The molecule has 0 unspecified atom stereocenters. The molecule has 2 aromatic heterocycles. The van der Waals surface area contributed by atoms with Gasteiger partial charge in [-0.05, 0) is 48.6 Å². The molecule has 0 spiro atoms. The molecule has 8 nitrogen and oxygen atoms in total. The summed E-state index contributed by atoms with van der Waals surface area (Å²) in [5.41, 5.74) is 2.30. The monoisotopic (exact) mass is 609 g/mol. The number of nitrogens with one attached hydrogen (secondary N) is 1. The molecule has 1 aliphatic rings. The van der Waals surface area contributed by atoms with Crippen LogP contribution in [0.15, 0.2) is 91.3 Å². The van der Waals surface area contributed by atoms with E-state index >= 15 is 4.39 Å². The first-order chi connectivity index (χ1) is 21.9. The van der Waals surface area contributed by atoms with Crippen LogP contribution < -0.4 is 14.8 Å². The van der Waals surface area contributed by atoms with Gasteiger partial charge in [0.1, 0.15) is 11.3 Å². The third-order valence-electron chi connectivity index (χ3n) is 9.31. The lowest BCUT2D eigenvalue weighted by atomic mass is 9.77. The van der Waals surface area contributed by atoms with E-state index in [9.17, 15) is 0 Å². The molecule has 1 fully saturated rings. The Morgan fingerprint density at radius 1 is 0.889 bits per heavy atom. The molecule has 0 aliphatic carbocycles. The summed E-state index contributed by atoms with van der Waals surface area (Å²) in [6.07, 6.45) is 0.882. The molecule has 3 aromatic carbocycles. The van der Waals surface area contributed by atoms with Crippen LogP contribution in [-0.4, -0.2) is 45.0 Å². The Balaban J connectivity index is 1.56. The highest BCUT2D eigenvalue weighted by molar-refractivity contribution is 5.78. The summed E-state index contributed by atoms with van der Waals surface area (Å²) in [4.78, 5) is 14.4. The zero-order valence-corrected chi connectivity index (χ0v) is 26.4. The molecule has 1 saturated heterocycles. The predicted octanol–water partition coefficient (Wildman–Crippen LogP) is 7.70. The van der Waals surface area contributed by atoms with Crippen LogP contribution in [0.5, 0.6) is 11.6 Å². The zero-order valence-electron chi connectivity index (χ0n) is 26.4. The lowest BCUT2D eigenvalue weighted by Gasteiger charge is -2.37. The van der Waals surface area contributed by atoms with Crippen LogP contribution >= 0.6 is 0 Å². The van der Waals surface area contributed by atoms with E-state index in [1.54, 1.807) is 18.0 Å². The van der Waals surface area contributed by atoms with Crippen molar-refractivity contribution in [2.75, 3.05) is 19.0 Å². The second-order valence-corrected chi connectivity index (χ2v) is 11.5. The fourth-order valence-electron chi connectivity index (χ4n) is 6.69. The molecule has 5 aromatic rings. The number of nitrogens with zero attached hydrogens (tertiary/aromatic N) is 4. The van der Waals surface area contributed by atoms with E-state index < -0.39 is 23.5 Å². The molecule has 45 heavy (non-hydrogen) atoms. The number of ether oxygens (including phenoxy) is 3. The Morgan fingerprint density at radius 3 is 2.02 bits per heavy atom. The van der Waals surface area contributed by atoms with Gasteiger partial charge in [-0.15, -0.1) is 0 Å². The second-order valence-electron chi connectivity index (χ2n) is 11.5. The van der Waals surface area contributed by atoms with Gasteiger partial charge in [0, 0.05) is 5.92 Å². The maximum Gasteiger partial charge on any atom is 0.247 e. The average molecular weight is 610 g/mol. The molecular formula is C36H40FN5O3. The summed E-state index contributed by atoms with van der Waals surface area (Å²) in [6, 6.07) is 28.3. The largest absolute Gasteiger partial charge is 0.497 e. The fourth-order valence-corrected chi connectivity index (χ4v) is 6.69. The average Bonchev–Trinajstić information content (AvgIpc) is 3.63. The maximum atomic E-state index is 16.0. The third-order valence-corrected chi connectivity index (χ3v) is 9.31. The SMILES string of the molecule is CCOc1nc(NC(c2ccccc2)(c2ccccc2)c2ccc(OC)cc2)nc2c1ncn2[C@@H]1OC(CC)(CC)[C@@H](C)[C@H]1F. The number of aromatic nitrogens is 4. The van der Waals surface area contributed by atoms with E-state index in [0.717, 1.165) is 22.4 Å². The summed E-state index contributed by atoms with van der Waals surface area (Å²) < 4.78 is 35.7. The van der Waals surface area contributed by atoms with Crippen LogP contribution in [0.3, 0.4) is 0 Å². The Kier molecular flexibility index (Phi) is 8.46. The molecule has 1 aliphatic heterocycles. The summed E-state index contributed by atoms with van der Waals surface area (Å²) in [6.45, 7) is 8.28. The van der Waals surface area contributed by atoms with Gasteiger partial charge in [-0.1, -0.05) is 93.6 Å². The molecule has 0 saturated carbocycles. The van der Waals surface area contributed by atoms with Gasteiger partial charge in [-0.2, -0.15) is 9.97 Å². The van der Waals surface area contributed by atoms with Crippen molar-refractivity contribution in [3.63, 3.8) is 0 Å². The molecule has 1 N–H and O–H groups in total. The van der Waals surface area contributed by atoms with Crippen LogP contribution in [0.1, 0.15) is 63.5 Å². The van der Waals surface area contributed by atoms with Crippen molar-refractivity contribution in [3.05, 3.63) is 108 Å². The van der Waals surface area contributed by atoms with Crippen LogP contribution in [0.4, 0.5) is 10.3 Å². The maximum absolute atomic E-state index is 16.0. The number of hydrogen-bond donors (Lipinski definition) is 1. The Hall–Kier alpha value is -4.50. The van der Waals surface area contributed by atoms with Crippen molar-refractivity contribution in [2.45, 2.75) is 64.1 Å². The Labute approximate surface area is 263 Å². The molecule has 234 valence electrons. The highest BCUT2D eigenvalue weighted by atomic mass is 19.1. The minimum absolute atomic E-state index is 0.292. The van der Waals surface area contributed by atoms with Crippen molar-refractivity contribution in [2.24, 2.45) is 5.92 Å². The highest BCUT2D eigenvalue weighted by Gasteiger charge is 2.52. The standard InChI is InChI=1S/C36H40FN5O3/c1-6-35(7-2)24(4)29(37)33(45-35)42-23-38-30-31(42)39-34(40-32(30)44-8-3)41-36(25-15-11-9-12-16-25,26-17-13-10-14-18-26)27-19-21-28(43-5)22-20-27/h9-24,29,33H,6-8H2,1-5H3,(H,39,40,41)/t24-,29+,33+/m0/s1. The van der Waals surface area contributed by atoms with Crippen molar-refractivity contribution in [1.29, 1.82) is 0 Å². The van der Waals surface area contributed by atoms with E-state index in [2.05, 4.69) is 34.6 Å². The van der Waals surface area contributed by atoms with Gasteiger partial charge >= 0.3 is 0 Å². The summed E-state index contributed by atoms with van der Waals surface area (Å²) in [7, 11) is 1.65. The van der Waals surface area contributed by atoms with Gasteiger partial charge in [0.25, 0.3) is 0 Å². The molecular weight excluding hydrogens is 569 g/mol. The minimum Gasteiger partial charge on any atom is -0.497 e. The smallest absolute Gasteiger partial charge is 0.247 e. The van der Waals surface area contributed by atoms with Crippen LogP contribution in [0.2, 0.25) is 0 Å². The fraction of sp³-hybridized carbons (Fsp3) is 0.361. The van der Waals surface area contributed by atoms with Crippen LogP contribution in [0.25, 0.3) is 11.2 Å². The quantitative estimate of drug-likeness (QED) is 0.154. The summed E-state index contributed by atoms with van der Waals surface area (Å²) in [5, 5.41) is 3.72. The molecule has 0 radical (unpaired) electrons. The number of methoxy groups -OCH3 is 1. The first-order valence-corrected chi connectivity index (χ1v) is 15.6. The van der Waals surface area contributed by atoms with Gasteiger partial charge in [-0.25, -0.2) is 9.37 Å². The highest BCUT2D eigenvalue weighted by Crippen LogP contribution is 2.48. The molecule has 9 heteroatoms. The van der Waals surface area contributed by atoms with E-state index in [1.165, 1.54) is 0 Å². The Bertz CT molecular complexity index is 1690. The molecule has 0 bridgehead atoms. The normalized spacial score (nSPS) is 19.5. The van der Waals surface area contributed by atoms with Gasteiger partial charge < -0.3 is 19.5 Å². The van der Waals surface area contributed by atoms with Gasteiger partial charge in [0.05, 0.1) is 25.6 Å². The number of benzene rings is 3. The number of rotatable bonds is 11. The van der Waals surface area contributed by atoms with Crippen molar-refractivity contribution in [3.8, 4) is 11.6 Å². The molecule has 6 rings (SSSR count). The minimum atomic E-state index is -1.24. The first-order valence-electron chi connectivity index (χ1n) is 15.6. The summed E-state index contributed by atoms with van der Waals surface area (Å²) >= 11 is 0.